The second kappa shape index (κ2) is 3.50. The third-order valence-electron chi connectivity index (χ3n) is 2.18. The molecule has 2 rings (SSSR count). The van der Waals surface area contributed by atoms with Crippen molar-refractivity contribution in [3.8, 4) is 11.3 Å². The van der Waals surface area contributed by atoms with Crippen LogP contribution < -0.4 is 0 Å². The summed E-state index contributed by atoms with van der Waals surface area (Å²) in [5, 5.41) is 0. The number of hydrogen-bond acceptors (Lipinski definition) is 2. The van der Waals surface area contributed by atoms with Gasteiger partial charge in [-0.25, -0.2) is 9.37 Å². The third kappa shape index (κ3) is 1.55. The molecule has 1 nitrogen and oxygen atoms in total. The molecule has 0 aliphatic carbocycles. The molecule has 0 N–H and O–H groups in total. The average Bonchev–Trinajstić information content (AvgIpc) is 2.57. The molecule has 0 amide bonds. The first-order valence-electron chi connectivity index (χ1n) is 4.35. The Kier molecular flexibility index (Phi) is 2.33. The van der Waals surface area contributed by atoms with Crippen LogP contribution in [0.2, 0.25) is 0 Å². The summed E-state index contributed by atoms with van der Waals surface area (Å²) in [6.07, 6.45) is 0. The van der Waals surface area contributed by atoms with Crippen LogP contribution >= 0.6 is 11.3 Å². The van der Waals surface area contributed by atoms with Crippen molar-refractivity contribution in [2.75, 3.05) is 0 Å². The van der Waals surface area contributed by atoms with Crippen LogP contribution in [-0.4, -0.2) is 4.98 Å². The van der Waals surface area contributed by atoms with E-state index in [0.29, 0.717) is 5.56 Å². The first-order chi connectivity index (χ1) is 6.68. The first kappa shape index (κ1) is 9.34. The van der Waals surface area contributed by atoms with Gasteiger partial charge in [0.1, 0.15) is 5.82 Å². The molecule has 14 heavy (non-hydrogen) atoms. The molecule has 0 bridgehead atoms. The van der Waals surface area contributed by atoms with Crippen LogP contribution in [0.3, 0.4) is 0 Å². The SMILES string of the molecule is Cc1cc(-c2ncsc2C)ccc1F. The topological polar surface area (TPSA) is 12.9 Å². The second-order valence-electron chi connectivity index (χ2n) is 3.22. The van der Waals surface area contributed by atoms with Gasteiger partial charge < -0.3 is 0 Å². The van der Waals surface area contributed by atoms with Crippen LogP contribution in [0, 0.1) is 19.7 Å². The highest BCUT2D eigenvalue weighted by Crippen LogP contribution is 2.25. The van der Waals surface area contributed by atoms with E-state index in [9.17, 15) is 4.39 Å². The molecule has 1 heterocycles. The molecule has 1 aromatic carbocycles. The third-order valence-corrected chi connectivity index (χ3v) is 2.93. The van der Waals surface area contributed by atoms with Gasteiger partial charge in [-0.1, -0.05) is 0 Å². The van der Waals surface area contributed by atoms with Gasteiger partial charge in [0.25, 0.3) is 0 Å². The average molecular weight is 207 g/mol. The Morgan fingerprint density at radius 1 is 1.29 bits per heavy atom. The van der Waals surface area contributed by atoms with Crippen molar-refractivity contribution in [3.05, 3.63) is 40.0 Å². The first-order valence-corrected chi connectivity index (χ1v) is 5.23. The summed E-state index contributed by atoms with van der Waals surface area (Å²) in [6.45, 7) is 3.78. The van der Waals surface area contributed by atoms with Gasteiger partial charge in [-0.2, -0.15) is 0 Å². The standard InChI is InChI=1S/C11H10FNS/c1-7-5-9(3-4-10(7)12)11-8(2)14-6-13-11/h3-6H,1-2H3. The Hall–Kier alpha value is -1.22. The maximum Gasteiger partial charge on any atom is 0.126 e. The minimum absolute atomic E-state index is 0.165. The highest BCUT2D eigenvalue weighted by atomic mass is 32.1. The minimum atomic E-state index is -0.165. The Morgan fingerprint density at radius 2 is 2.07 bits per heavy atom. The van der Waals surface area contributed by atoms with Crippen LogP contribution in [0.1, 0.15) is 10.4 Å². The highest BCUT2D eigenvalue weighted by molar-refractivity contribution is 7.10. The lowest BCUT2D eigenvalue weighted by atomic mass is 10.1. The largest absolute Gasteiger partial charge is 0.244 e. The van der Waals surface area contributed by atoms with Crippen molar-refractivity contribution in [1.29, 1.82) is 0 Å². The zero-order valence-electron chi connectivity index (χ0n) is 8.04. The fourth-order valence-corrected chi connectivity index (χ4v) is 1.97. The summed E-state index contributed by atoms with van der Waals surface area (Å²) in [4.78, 5) is 5.42. The van der Waals surface area contributed by atoms with Gasteiger partial charge in [0.05, 0.1) is 11.2 Å². The van der Waals surface area contributed by atoms with Crippen LogP contribution in [0.4, 0.5) is 4.39 Å². The van der Waals surface area contributed by atoms with Gasteiger partial charge in [0, 0.05) is 10.4 Å². The molecule has 0 saturated heterocycles. The van der Waals surface area contributed by atoms with Crippen molar-refractivity contribution >= 4 is 11.3 Å². The van der Waals surface area contributed by atoms with E-state index >= 15 is 0 Å². The fraction of sp³-hybridized carbons (Fsp3) is 0.182. The number of nitrogens with zero attached hydrogens (tertiary/aromatic N) is 1. The molecule has 0 unspecified atom stereocenters. The lowest BCUT2D eigenvalue weighted by Gasteiger charge is -2.01. The van der Waals surface area contributed by atoms with E-state index in [4.69, 9.17) is 0 Å². The zero-order chi connectivity index (χ0) is 10.1. The summed E-state index contributed by atoms with van der Waals surface area (Å²) >= 11 is 1.60. The molecule has 0 saturated carbocycles. The van der Waals surface area contributed by atoms with E-state index in [1.165, 1.54) is 6.07 Å². The maximum absolute atomic E-state index is 13.0. The monoisotopic (exact) mass is 207 g/mol. The number of rotatable bonds is 1. The Balaban J connectivity index is 2.53. The molecular formula is C11H10FNS. The second-order valence-corrected chi connectivity index (χ2v) is 4.28. The van der Waals surface area contributed by atoms with E-state index in [0.717, 1.165) is 16.1 Å². The quantitative estimate of drug-likeness (QED) is 0.696. The molecule has 0 atom stereocenters. The normalized spacial score (nSPS) is 10.5. The fourth-order valence-electron chi connectivity index (χ4n) is 1.37. The summed E-state index contributed by atoms with van der Waals surface area (Å²) in [6, 6.07) is 5.09. The van der Waals surface area contributed by atoms with E-state index in [1.807, 2.05) is 18.5 Å². The smallest absolute Gasteiger partial charge is 0.126 e. The number of aromatic nitrogens is 1. The zero-order valence-corrected chi connectivity index (χ0v) is 8.86. The molecule has 0 radical (unpaired) electrons. The van der Waals surface area contributed by atoms with E-state index in [1.54, 1.807) is 24.3 Å². The Labute approximate surface area is 86.2 Å². The molecular weight excluding hydrogens is 197 g/mol. The molecule has 1 aromatic heterocycles. The minimum Gasteiger partial charge on any atom is -0.244 e. The van der Waals surface area contributed by atoms with Gasteiger partial charge in [0.15, 0.2) is 0 Å². The van der Waals surface area contributed by atoms with Crippen LogP contribution in [-0.2, 0) is 0 Å². The van der Waals surface area contributed by atoms with Crippen molar-refractivity contribution in [1.82, 2.24) is 4.98 Å². The molecule has 0 fully saturated rings. The van der Waals surface area contributed by atoms with Gasteiger partial charge in [0.2, 0.25) is 0 Å². The lowest BCUT2D eigenvalue weighted by molar-refractivity contribution is 0.619. The molecule has 0 spiro atoms. The summed E-state index contributed by atoms with van der Waals surface area (Å²) in [7, 11) is 0. The van der Waals surface area contributed by atoms with Gasteiger partial charge in [-0.15, -0.1) is 11.3 Å². The summed E-state index contributed by atoms with van der Waals surface area (Å²) in [5.74, 6) is -0.165. The molecule has 2 aromatic rings. The van der Waals surface area contributed by atoms with Crippen molar-refractivity contribution in [2.45, 2.75) is 13.8 Å². The lowest BCUT2D eigenvalue weighted by Crippen LogP contribution is -1.85. The van der Waals surface area contributed by atoms with E-state index < -0.39 is 0 Å². The van der Waals surface area contributed by atoms with Gasteiger partial charge >= 0.3 is 0 Å². The number of hydrogen-bond donors (Lipinski definition) is 0. The predicted octanol–water partition coefficient (Wildman–Crippen LogP) is 3.57. The van der Waals surface area contributed by atoms with Crippen molar-refractivity contribution in [2.24, 2.45) is 0 Å². The predicted molar refractivity (Wildman–Crippen MR) is 57.0 cm³/mol. The van der Waals surface area contributed by atoms with Gasteiger partial charge in [-0.05, 0) is 37.6 Å². The van der Waals surface area contributed by atoms with Crippen molar-refractivity contribution in [3.63, 3.8) is 0 Å². The molecule has 72 valence electrons. The number of thiazole rings is 1. The van der Waals surface area contributed by atoms with Crippen LogP contribution in [0.5, 0.6) is 0 Å². The summed E-state index contributed by atoms with van der Waals surface area (Å²) < 4.78 is 13.0. The maximum atomic E-state index is 13.0. The molecule has 0 aliphatic heterocycles. The number of aryl methyl sites for hydroxylation is 2. The number of halogens is 1. The van der Waals surface area contributed by atoms with Crippen LogP contribution in [0.25, 0.3) is 11.3 Å². The summed E-state index contributed by atoms with van der Waals surface area (Å²) in [5.41, 5.74) is 4.42. The molecule has 3 heteroatoms. The molecule has 0 aliphatic rings. The van der Waals surface area contributed by atoms with Crippen LogP contribution in [0.15, 0.2) is 23.7 Å². The Bertz CT molecular complexity index is 462. The Morgan fingerprint density at radius 3 is 2.64 bits per heavy atom. The van der Waals surface area contributed by atoms with Crippen molar-refractivity contribution < 1.29 is 4.39 Å². The highest BCUT2D eigenvalue weighted by Gasteiger charge is 2.06. The number of benzene rings is 1. The van der Waals surface area contributed by atoms with Gasteiger partial charge in [-0.3, -0.25) is 0 Å². The van der Waals surface area contributed by atoms with E-state index in [2.05, 4.69) is 4.98 Å². The van der Waals surface area contributed by atoms with E-state index in [-0.39, 0.29) is 5.82 Å².